The van der Waals surface area contributed by atoms with Crippen molar-refractivity contribution in [2.75, 3.05) is 0 Å². The van der Waals surface area contributed by atoms with Gasteiger partial charge in [-0.2, -0.15) is 0 Å². The van der Waals surface area contributed by atoms with Gasteiger partial charge in [0.15, 0.2) is 6.04 Å². The van der Waals surface area contributed by atoms with E-state index in [4.69, 9.17) is 0 Å². The number of para-hydroxylation sites is 1. The molecule has 3 aromatic rings. The van der Waals surface area contributed by atoms with Gasteiger partial charge >= 0.3 is 0 Å². The molecule has 0 radical (unpaired) electrons. The summed E-state index contributed by atoms with van der Waals surface area (Å²) < 4.78 is 0. The minimum absolute atomic E-state index is 0.172. The molecule has 3 nitrogen and oxygen atoms in total. The van der Waals surface area contributed by atoms with Gasteiger partial charge in [-0.05, 0) is 18.9 Å². The van der Waals surface area contributed by atoms with Gasteiger partial charge in [-0.3, -0.25) is 4.79 Å². The zero-order valence-corrected chi connectivity index (χ0v) is 14.3. The molecule has 0 unspecified atom stereocenters. The number of carbonyl (C=O) groups is 1. The molecule has 1 atom stereocenters. The van der Waals surface area contributed by atoms with Gasteiger partial charge in [0, 0.05) is 28.2 Å². The third kappa shape index (κ3) is 3.26. The summed E-state index contributed by atoms with van der Waals surface area (Å²) in [5.74, 6) is 0.172. The van der Waals surface area contributed by atoms with Crippen molar-refractivity contribution in [2.45, 2.75) is 38.8 Å². The Morgan fingerprint density at radius 1 is 1.00 bits per heavy atom. The van der Waals surface area contributed by atoms with Crippen molar-refractivity contribution >= 4 is 16.7 Å². The lowest BCUT2D eigenvalue weighted by atomic mass is 9.95. The van der Waals surface area contributed by atoms with Crippen molar-refractivity contribution in [3.05, 3.63) is 71.9 Å². The SMILES string of the molecule is CCC(CC)[NH2+][C@H](C(=O)c1c[nH]c2ccccc12)c1ccccc1. The summed E-state index contributed by atoms with van der Waals surface area (Å²) in [5.41, 5.74) is 2.86. The number of nitrogens with one attached hydrogen (secondary N) is 1. The van der Waals surface area contributed by atoms with Crippen LogP contribution in [0.5, 0.6) is 0 Å². The number of H-pyrrole nitrogens is 1. The summed E-state index contributed by atoms with van der Waals surface area (Å²) in [6, 6.07) is 18.3. The standard InChI is InChI=1S/C21H24N2O/c1-3-16(4-2)23-20(15-10-6-5-7-11-15)21(24)18-14-22-19-13-9-8-12-17(18)19/h5-14,16,20,22-23H,3-4H2,1-2H3/p+1/t20-/m0/s1. The predicted molar refractivity (Wildman–Crippen MR) is 98.1 cm³/mol. The maximum atomic E-state index is 13.3. The van der Waals surface area contributed by atoms with Crippen LogP contribution in [0.25, 0.3) is 10.9 Å². The first-order chi connectivity index (χ1) is 11.7. The van der Waals surface area contributed by atoms with Crippen molar-refractivity contribution in [1.82, 2.24) is 4.98 Å². The number of benzene rings is 2. The Morgan fingerprint density at radius 3 is 2.38 bits per heavy atom. The number of aromatic amines is 1. The maximum Gasteiger partial charge on any atom is 0.226 e. The van der Waals surface area contributed by atoms with Crippen LogP contribution in [0.1, 0.15) is 48.7 Å². The number of fused-ring (bicyclic) bond motifs is 1. The quantitative estimate of drug-likeness (QED) is 0.638. The van der Waals surface area contributed by atoms with E-state index in [1.54, 1.807) is 0 Å². The minimum atomic E-state index is -0.199. The molecule has 0 aliphatic rings. The first-order valence-corrected chi connectivity index (χ1v) is 8.74. The molecular weight excluding hydrogens is 296 g/mol. The second-order valence-electron chi connectivity index (χ2n) is 6.27. The first-order valence-electron chi connectivity index (χ1n) is 8.74. The fourth-order valence-electron chi connectivity index (χ4n) is 3.29. The largest absolute Gasteiger partial charge is 0.360 e. The highest BCUT2D eigenvalue weighted by Gasteiger charge is 2.29. The predicted octanol–water partition coefficient (Wildman–Crippen LogP) is 3.84. The van der Waals surface area contributed by atoms with E-state index in [1.807, 2.05) is 48.7 Å². The third-order valence-corrected chi connectivity index (χ3v) is 4.81. The number of nitrogens with two attached hydrogens (primary N) is 1. The number of aromatic nitrogens is 1. The van der Waals surface area contributed by atoms with Crippen LogP contribution < -0.4 is 5.32 Å². The molecule has 0 bridgehead atoms. The van der Waals surface area contributed by atoms with E-state index in [-0.39, 0.29) is 11.8 Å². The van der Waals surface area contributed by atoms with Gasteiger partial charge < -0.3 is 10.3 Å². The topological polar surface area (TPSA) is 49.5 Å². The molecule has 0 amide bonds. The highest BCUT2D eigenvalue weighted by atomic mass is 16.1. The van der Waals surface area contributed by atoms with Crippen molar-refractivity contribution in [1.29, 1.82) is 0 Å². The molecule has 1 heterocycles. The summed E-state index contributed by atoms with van der Waals surface area (Å²) in [4.78, 5) is 16.6. The van der Waals surface area contributed by atoms with E-state index < -0.39 is 0 Å². The van der Waals surface area contributed by atoms with Crippen LogP contribution in [-0.4, -0.2) is 16.8 Å². The van der Waals surface area contributed by atoms with Crippen LogP contribution >= 0.6 is 0 Å². The first kappa shape index (κ1) is 16.5. The van der Waals surface area contributed by atoms with Crippen molar-refractivity contribution < 1.29 is 10.1 Å². The molecule has 24 heavy (non-hydrogen) atoms. The molecule has 0 spiro atoms. The number of rotatable bonds is 7. The van der Waals surface area contributed by atoms with Gasteiger partial charge in [-0.15, -0.1) is 0 Å². The molecule has 0 fully saturated rings. The Balaban J connectivity index is 1.99. The highest BCUT2D eigenvalue weighted by molar-refractivity contribution is 6.09. The lowest BCUT2D eigenvalue weighted by molar-refractivity contribution is -0.715. The second-order valence-corrected chi connectivity index (χ2v) is 6.27. The van der Waals surface area contributed by atoms with Crippen LogP contribution in [0.15, 0.2) is 60.8 Å². The summed E-state index contributed by atoms with van der Waals surface area (Å²) in [7, 11) is 0. The van der Waals surface area contributed by atoms with E-state index in [1.165, 1.54) is 0 Å². The zero-order chi connectivity index (χ0) is 16.9. The van der Waals surface area contributed by atoms with E-state index >= 15 is 0 Å². The smallest absolute Gasteiger partial charge is 0.226 e. The molecule has 0 saturated carbocycles. The fourth-order valence-corrected chi connectivity index (χ4v) is 3.29. The summed E-state index contributed by atoms with van der Waals surface area (Å²) in [5, 5.41) is 3.24. The molecule has 0 saturated heterocycles. The third-order valence-electron chi connectivity index (χ3n) is 4.81. The average molecular weight is 321 g/mol. The lowest BCUT2D eigenvalue weighted by Gasteiger charge is -2.20. The number of Topliss-reactive ketones (excluding diaryl/α,β-unsaturated/α-hetero) is 1. The Hall–Kier alpha value is -2.39. The maximum absolute atomic E-state index is 13.3. The van der Waals surface area contributed by atoms with Crippen LogP contribution in [-0.2, 0) is 0 Å². The molecule has 3 heteroatoms. The van der Waals surface area contributed by atoms with Crippen LogP contribution in [0.3, 0.4) is 0 Å². The molecular formula is C21H25N2O+. The van der Waals surface area contributed by atoms with Crippen LogP contribution in [0, 0.1) is 0 Å². The average Bonchev–Trinajstić information content (AvgIpc) is 3.07. The summed E-state index contributed by atoms with van der Waals surface area (Å²) >= 11 is 0. The monoisotopic (exact) mass is 321 g/mol. The Bertz CT molecular complexity index is 803. The van der Waals surface area contributed by atoms with Crippen LogP contribution in [0.4, 0.5) is 0 Å². The number of quaternary nitrogens is 1. The number of hydrogen-bond donors (Lipinski definition) is 2. The lowest BCUT2D eigenvalue weighted by Crippen LogP contribution is -2.92. The second kappa shape index (κ2) is 7.45. The van der Waals surface area contributed by atoms with Gasteiger partial charge in [0.1, 0.15) is 0 Å². The van der Waals surface area contributed by atoms with Gasteiger partial charge in [-0.25, -0.2) is 0 Å². The summed E-state index contributed by atoms with van der Waals surface area (Å²) in [6.07, 6.45) is 3.96. The molecule has 3 N–H and O–H groups in total. The van der Waals surface area contributed by atoms with E-state index in [0.717, 1.165) is 34.9 Å². The van der Waals surface area contributed by atoms with Crippen molar-refractivity contribution in [3.8, 4) is 0 Å². The molecule has 2 aromatic carbocycles. The molecule has 124 valence electrons. The highest BCUT2D eigenvalue weighted by Crippen LogP contribution is 2.23. The zero-order valence-electron chi connectivity index (χ0n) is 14.3. The normalized spacial score (nSPS) is 12.6. The number of hydrogen-bond acceptors (Lipinski definition) is 1. The van der Waals surface area contributed by atoms with Gasteiger partial charge in [0.25, 0.3) is 0 Å². The van der Waals surface area contributed by atoms with E-state index in [9.17, 15) is 4.79 Å². The minimum Gasteiger partial charge on any atom is -0.360 e. The Kier molecular flexibility index (Phi) is 5.11. The number of ketones is 1. The molecule has 0 aliphatic heterocycles. The van der Waals surface area contributed by atoms with E-state index in [0.29, 0.717) is 6.04 Å². The summed E-state index contributed by atoms with van der Waals surface area (Å²) in [6.45, 7) is 4.37. The molecule has 0 aliphatic carbocycles. The van der Waals surface area contributed by atoms with E-state index in [2.05, 4.69) is 36.3 Å². The van der Waals surface area contributed by atoms with Crippen molar-refractivity contribution in [3.63, 3.8) is 0 Å². The van der Waals surface area contributed by atoms with Gasteiger partial charge in [0.2, 0.25) is 5.78 Å². The van der Waals surface area contributed by atoms with Crippen LogP contribution in [0.2, 0.25) is 0 Å². The van der Waals surface area contributed by atoms with Gasteiger partial charge in [0.05, 0.1) is 6.04 Å². The Morgan fingerprint density at radius 2 is 1.67 bits per heavy atom. The molecule has 3 rings (SSSR count). The van der Waals surface area contributed by atoms with Crippen molar-refractivity contribution in [2.24, 2.45) is 0 Å². The van der Waals surface area contributed by atoms with Gasteiger partial charge in [-0.1, -0.05) is 62.4 Å². The molecule has 1 aromatic heterocycles. The Labute approximate surface area is 143 Å². The number of carbonyl (C=O) groups excluding carboxylic acids is 1. The fraction of sp³-hybridized carbons (Fsp3) is 0.286.